The van der Waals surface area contributed by atoms with Gasteiger partial charge in [-0.2, -0.15) is 8.78 Å². The van der Waals surface area contributed by atoms with Gasteiger partial charge >= 0.3 is 12.0 Å². The minimum atomic E-state index is -3.93. The summed E-state index contributed by atoms with van der Waals surface area (Å²) in [5.74, 6) is -7.72. The molecule has 1 spiro atoms. The van der Waals surface area contributed by atoms with Crippen LogP contribution in [0.2, 0.25) is 0 Å². The second-order valence-corrected chi connectivity index (χ2v) is 18.6. The highest BCUT2D eigenvalue weighted by molar-refractivity contribution is 7.91. The van der Waals surface area contributed by atoms with Crippen molar-refractivity contribution in [1.29, 1.82) is 0 Å². The first-order chi connectivity index (χ1) is 26.8. The number of amides is 4. The molecule has 0 radical (unpaired) electrons. The number of nitrogens with zero attached hydrogens (tertiary/aromatic N) is 3. The smallest absolute Gasteiger partial charge is 0.407 e. The molecule has 4 heterocycles. The number of nitrogens with one attached hydrogen (secondary N) is 3. The van der Waals surface area contributed by atoms with Crippen LogP contribution in [-0.4, -0.2) is 89.7 Å². The predicted molar refractivity (Wildman–Crippen MR) is 198 cm³/mol. The molecule has 4 bridgehead atoms. The number of hydrogen-bond acceptors (Lipinski definition) is 10. The van der Waals surface area contributed by atoms with Gasteiger partial charge in [-0.1, -0.05) is 56.7 Å². The summed E-state index contributed by atoms with van der Waals surface area (Å²) in [6, 6.07) is 5.49. The van der Waals surface area contributed by atoms with E-state index in [4.69, 9.17) is 9.47 Å². The van der Waals surface area contributed by atoms with Crippen LogP contribution in [0.25, 0.3) is 11.0 Å². The summed E-state index contributed by atoms with van der Waals surface area (Å²) in [7, 11) is -3.93. The highest BCUT2D eigenvalue weighted by Gasteiger charge is 2.62. The van der Waals surface area contributed by atoms with Crippen LogP contribution in [0.4, 0.5) is 13.6 Å². The molecule has 5 fully saturated rings. The second-order valence-electron chi connectivity index (χ2n) is 16.6. The number of fused-ring (bicyclic) bond motifs is 7. The summed E-state index contributed by atoms with van der Waals surface area (Å²) in [6.07, 6.45) is 8.29. The van der Waals surface area contributed by atoms with Gasteiger partial charge in [0.1, 0.15) is 17.7 Å². The maximum Gasteiger partial charge on any atom is 0.407 e. The minimum absolute atomic E-state index is 0.00783. The number of alkyl halides is 2. The van der Waals surface area contributed by atoms with E-state index in [1.807, 2.05) is 0 Å². The summed E-state index contributed by atoms with van der Waals surface area (Å²) in [6.45, 7) is -0.478. The summed E-state index contributed by atoms with van der Waals surface area (Å²) >= 11 is 0. The fourth-order valence-corrected chi connectivity index (χ4v) is 10.0. The first kappa shape index (κ1) is 38.5. The van der Waals surface area contributed by atoms with Crippen LogP contribution in [0.3, 0.4) is 0 Å². The van der Waals surface area contributed by atoms with Crippen LogP contribution in [-0.2, 0) is 35.1 Å². The van der Waals surface area contributed by atoms with Crippen molar-refractivity contribution in [2.45, 2.75) is 119 Å². The van der Waals surface area contributed by atoms with Crippen LogP contribution in [0, 0.1) is 17.3 Å². The van der Waals surface area contributed by atoms with Crippen molar-refractivity contribution in [2.75, 3.05) is 19.7 Å². The number of aromatic nitrogens is 2. The van der Waals surface area contributed by atoms with Gasteiger partial charge in [0.15, 0.2) is 5.69 Å². The Morgan fingerprint density at radius 3 is 2.36 bits per heavy atom. The van der Waals surface area contributed by atoms with Gasteiger partial charge in [-0.25, -0.2) is 23.2 Å². The molecule has 3 saturated carbocycles. The van der Waals surface area contributed by atoms with Crippen molar-refractivity contribution in [3.05, 3.63) is 42.1 Å². The van der Waals surface area contributed by atoms with E-state index in [2.05, 4.69) is 25.3 Å². The van der Waals surface area contributed by atoms with E-state index in [9.17, 15) is 27.6 Å². The Morgan fingerprint density at radius 2 is 1.64 bits per heavy atom. The van der Waals surface area contributed by atoms with Crippen molar-refractivity contribution in [3.8, 4) is 5.88 Å². The number of ether oxygens (including phenoxy) is 2. The molecular weight excluding hydrogens is 751 g/mol. The average molecular weight is 799 g/mol. The third kappa shape index (κ3) is 7.79. The summed E-state index contributed by atoms with van der Waals surface area (Å²) < 4.78 is 72.5. The van der Waals surface area contributed by atoms with Crippen LogP contribution >= 0.6 is 0 Å². The molecule has 8 rings (SSSR count). The second kappa shape index (κ2) is 14.8. The number of alkyl carbamates (subject to hydrolysis) is 1. The van der Waals surface area contributed by atoms with Crippen LogP contribution in [0.1, 0.15) is 95.6 Å². The molecule has 1 aromatic carbocycles. The number of benzene rings is 1. The van der Waals surface area contributed by atoms with E-state index < -0.39 is 85.6 Å². The van der Waals surface area contributed by atoms with Gasteiger partial charge in [0.25, 0.3) is 5.91 Å². The van der Waals surface area contributed by atoms with E-state index in [0.29, 0.717) is 44.9 Å². The molecule has 302 valence electrons. The Kier molecular flexibility index (Phi) is 10.2. The molecule has 56 heavy (non-hydrogen) atoms. The SMILES string of the molecule is O=C1N[C@H]2CCCCCCC[C@@H]3C[C@]3(C(=O)NS(=O)(=O)C3CC3)NC(=O)C3CN(C[C@@H]3Oc3nc4ccccc4nc3C(F)(F)/C=C/CC3(CCC3)CO1)C2=O. The lowest BCUT2D eigenvalue weighted by molar-refractivity contribution is -0.134. The fraction of sp³-hybridized carbons (Fsp3) is 0.641. The topological polar surface area (TPSA) is 186 Å². The number of para-hydroxylation sites is 2. The Balaban J connectivity index is 1.17. The van der Waals surface area contributed by atoms with Crippen molar-refractivity contribution in [2.24, 2.45) is 17.3 Å². The normalized spacial score (nSPS) is 31.5. The Morgan fingerprint density at radius 1 is 0.929 bits per heavy atom. The number of carbonyl (C=O) groups is 4. The van der Waals surface area contributed by atoms with Crippen LogP contribution in [0.15, 0.2) is 36.4 Å². The molecule has 2 saturated heterocycles. The van der Waals surface area contributed by atoms with Gasteiger partial charge in [-0.15, -0.1) is 0 Å². The molecule has 1 aromatic heterocycles. The molecule has 2 aromatic rings. The first-order valence-electron chi connectivity index (χ1n) is 19.9. The van der Waals surface area contributed by atoms with Crippen LogP contribution in [0.5, 0.6) is 5.88 Å². The quantitative estimate of drug-likeness (QED) is 0.377. The van der Waals surface area contributed by atoms with E-state index in [0.717, 1.165) is 38.2 Å². The van der Waals surface area contributed by atoms with Crippen LogP contribution < -0.4 is 20.1 Å². The van der Waals surface area contributed by atoms with Gasteiger partial charge in [0, 0.05) is 12.0 Å². The Bertz CT molecular complexity index is 2040. The fourth-order valence-electron chi connectivity index (χ4n) is 8.68. The highest BCUT2D eigenvalue weighted by Crippen LogP contribution is 2.49. The maximum absolute atomic E-state index is 16.3. The third-order valence-electron chi connectivity index (χ3n) is 12.5. The molecule has 17 heteroatoms. The molecule has 14 nitrogen and oxygen atoms in total. The number of cyclic esters (lactones) is 1. The van der Waals surface area contributed by atoms with Gasteiger partial charge in [0.2, 0.25) is 27.7 Å². The molecule has 3 N–H and O–H groups in total. The molecule has 1 unspecified atom stereocenters. The van der Waals surface area contributed by atoms with Crippen molar-refractivity contribution in [1.82, 2.24) is 30.2 Å². The molecule has 6 aliphatic rings. The molecule has 3 aliphatic heterocycles. The zero-order chi connectivity index (χ0) is 39.3. The lowest BCUT2D eigenvalue weighted by Crippen LogP contribution is -2.55. The average Bonchev–Trinajstić information content (AvgIpc) is 4.07. The van der Waals surface area contributed by atoms with Gasteiger partial charge < -0.3 is 25.0 Å². The zero-order valence-corrected chi connectivity index (χ0v) is 32.0. The number of allylic oxidation sites excluding steroid dienone is 2. The molecular formula is C39H48F2N6O8S. The lowest BCUT2D eigenvalue weighted by Gasteiger charge is -2.40. The summed E-state index contributed by atoms with van der Waals surface area (Å²) in [4.78, 5) is 65.9. The first-order valence-corrected chi connectivity index (χ1v) is 21.4. The van der Waals surface area contributed by atoms with E-state index >= 15 is 8.78 Å². The Labute approximate surface area is 324 Å². The van der Waals surface area contributed by atoms with Gasteiger partial charge in [-0.3, -0.25) is 19.1 Å². The van der Waals surface area contributed by atoms with Gasteiger partial charge in [-0.05, 0) is 75.5 Å². The largest absolute Gasteiger partial charge is 0.470 e. The standard InChI is InChI=1S/C39H48F2N6O8S/c40-39(41)19-9-18-37(16-8-17-37)23-54-36(51)44-29-13-5-3-1-2-4-10-24-20-38(24,35(50)46-56(52,53)25-14-15-25)45-32(48)26-21-47(34(29)49)22-30(26)55-33-31(39)42-27-11-6-7-12-28(27)43-33/h6-7,9,11-12,19,24-26,29-30H,1-5,8,10,13-18,20-23H2,(H,44,51)(H,45,48)(H,46,50)/b19-9+/t24-,26?,29+,30+,38+/m1/s1. The minimum Gasteiger partial charge on any atom is -0.470 e. The number of hydrogen-bond donors (Lipinski definition) is 3. The predicted octanol–water partition coefficient (Wildman–Crippen LogP) is 4.38. The monoisotopic (exact) mass is 798 g/mol. The lowest BCUT2D eigenvalue weighted by atomic mass is 9.67. The summed E-state index contributed by atoms with van der Waals surface area (Å²) in [5.41, 5.74) is -2.32. The van der Waals surface area contributed by atoms with E-state index in [-0.39, 0.29) is 49.5 Å². The number of rotatable bonds is 3. The number of halogens is 2. The molecule has 4 amide bonds. The molecule has 3 aliphatic carbocycles. The van der Waals surface area contributed by atoms with Crippen molar-refractivity contribution in [3.63, 3.8) is 0 Å². The van der Waals surface area contributed by atoms with E-state index in [1.165, 1.54) is 11.0 Å². The highest BCUT2D eigenvalue weighted by atomic mass is 32.2. The van der Waals surface area contributed by atoms with Crippen molar-refractivity contribution < 1.29 is 45.9 Å². The Hall–Kier alpha value is -4.41. The summed E-state index contributed by atoms with van der Waals surface area (Å²) in [5, 5.41) is 4.95. The van der Waals surface area contributed by atoms with Crippen molar-refractivity contribution >= 4 is 44.9 Å². The number of carbonyl (C=O) groups excluding carboxylic acids is 4. The zero-order valence-electron chi connectivity index (χ0n) is 31.1. The molecule has 5 atom stereocenters. The number of sulfonamides is 1. The maximum atomic E-state index is 16.3. The van der Waals surface area contributed by atoms with Gasteiger partial charge in [0.05, 0.1) is 35.4 Å². The van der Waals surface area contributed by atoms with E-state index in [1.54, 1.807) is 24.3 Å². The third-order valence-corrected chi connectivity index (χ3v) is 14.3.